The summed E-state index contributed by atoms with van der Waals surface area (Å²) in [4.78, 5) is 11.8. The molecule has 5 atom stereocenters. The molecule has 0 bridgehead atoms. The molecule has 1 saturated carbocycles. The van der Waals surface area contributed by atoms with Crippen LogP contribution in [0, 0.1) is 11.8 Å². The number of carbonyl (C=O) groups excluding carboxylic acids is 1. The average molecular weight is 254 g/mol. The third kappa shape index (κ3) is 3.23. The Labute approximate surface area is 108 Å². The Bertz CT molecular complexity index is 313. The Morgan fingerprint density at radius 2 is 2.22 bits per heavy atom. The van der Waals surface area contributed by atoms with Gasteiger partial charge in [-0.25, -0.2) is 0 Å². The zero-order valence-electron chi connectivity index (χ0n) is 11.0. The van der Waals surface area contributed by atoms with Gasteiger partial charge in [0.2, 0.25) is 0 Å². The second kappa shape index (κ2) is 5.17. The van der Waals surface area contributed by atoms with Crippen LogP contribution in [0.1, 0.15) is 39.0 Å². The fraction of sp³-hybridized carbons (Fsp3) is 0.929. The standard InChI is InChI=1S/C14H22O4/c1-9(2-4-11-8-16-11)14(15)17-7-10-3-5-12-13(6-10)18-12/h9-13H,2-8H2,1H3. The minimum Gasteiger partial charge on any atom is -0.465 e. The molecule has 102 valence electrons. The van der Waals surface area contributed by atoms with Crippen molar-refractivity contribution in [1.29, 1.82) is 0 Å². The van der Waals surface area contributed by atoms with Gasteiger partial charge in [-0.2, -0.15) is 0 Å². The number of epoxide rings is 2. The van der Waals surface area contributed by atoms with Crippen molar-refractivity contribution in [3.05, 3.63) is 0 Å². The predicted molar refractivity (Wildman–Crippen MR) is 65.1 cm³/mol. The van der Waals surface area contributed by atoms with Gasteiger partial charge in [-0.15, -0.1) is 0 Å². The highest BCUT2D eigenvalue weighted by Gasteiger charge is 2.44. The van der Waals surface area contributed by atoms with Crippen LogP contribution >= 0.6 is 0 Å². The number of rotatable bonds is 6. The van der Waals surface area contributed by atoms with E-state index in [0.29, 0.717) is 30.8 Å². The van der Waals surface area contributed by atoms with E-state index in [0.717, 1.165) is 38.7 Å². The molecule has 3 aliphatic rings. The van der Waals surface area contributed by atoms with Crippen molar-refractivity contribution >= 4 is 5.97 Å². The van der Waals surface area contributed by atoms with E-state index in [9.17, 15) is 4.79 Å². The van der Waals surface area contributed by atoms with E-state index >= 15 is 0 Å². The van der Waals surface area contributed by atoms with E-state index in [1.165, 1.54) is 0 Å². The van der Waals surface area contributed by atoms with Crippen LogP contribution in [-0.4, -0.2) is 37.5 Å². The van der Waals surface area contributed by atoms with Gasteiger partial charge in [0.15, 0.2) is 0 Å². The first-order valence-electron chi connectivity index (χ1n) is 7.16. The summed E-state index contributed by atoms with van der Waals surface area (Å²) in [6, 6.07) is 0. The smallest absolute Gasteiger partial charge is 0.308 e. The lowest BCUT2D eigenvalue weighted by Crippen LogP contribution is -2.23. The lowest BCUT2D eigenvalue weighted by molar-refractivity contribution is -0.149. The van der Waals surface area contributed by atoms with Crippen molar-refractivity contribution in [1.82, 2.24) is 0 Å². The molecule has 0 spiro atoms. The molecule has 18 heavy (non-hydrogen) atoms. The molecule has 4 heteroatoms. The first kappa shape index (κ1) is 12.4. The highest BCUT2D eigenvalue weighted by Crippen LogP contribution is 2.39. The summed E-state index contributed by atoms with van der Waals surface area (Å²) in [6.07, 6.45) is 6.60. The van der Waals surface area contributed by atoms with Crippen molar-refractivity contribution in [3.63, 3.8) is 0 Å². The van der Waals surface area contributed by atoms with Crippen LogP contribution < -0.4 is 0 Å². The zero-order chi connectivity index (χ0) is 12.5. The summed E-state index contributed by atoms with van der Waals surface area (Å²) in [5.41, 5.74) is 0. The minimum absolute atomic E-state index is 0.00251. The van der Waals surface area contributed by atoms with Crippen molar-refractivity contribution in [2.24, 2.45) is 11.8 Å². The Morgan fingerprint density at radius 1 is 1.39 bits per heavy atom. The Kier molecular flexibility index (Phi) is 3.57. The molecule has 0 aromatic carbocycles. The summed E-state index contributed by atoms with van der Waals surface area (Å²) in [5, 5.41) is 0. The molecule has 2 saturated heterocycles. The van der Waals surface area contributed by atoms with Crippen LogP contribution in [0.4, 0.5) is 0 Å². The lowest BCUT2D eigenvalue weighted by atomic mass is 9.90. The SMILES string of the molecule is CC(CCC1CO1)C(=O)OCC1CCC2OC2C1. The van der Waals surface area contributed by atoms with Gasteiger partial charge in [0.1, 0.15) is 0 Å². The maximum Gasteiger partial charge on any atom is 0.308 e. The summed E-state index contributed by atoms with van der Waals surface area (Å²) in [6.45, 7) is 3.40. The molecule has 1 aliphatic carbocycles. The first-order valence-corrected chi connectivity index (χ1v) is 7.16. The maximum atomic E-state index is 11.8. The Balaban J connectivity index is 1.32. The van der Waals surface area contributed by atoms with Gasteiger partial charge in [0, 0.05) is 0 Å². The number of ether oxygens (including phenoxy) is 3. The molecule has 0 radical (unpaired) electrons. The third-order valence-corrected chi connectivity index (χ3v) is 4.30. The number of esters is 1. The molecule has 2 aliphatic heterocycles. The highest BCUT2D eigenvalue weighted by molar-refractivity contribution is 5.71. The second-order valence-corrected chi connectivity index (χ2v) is 5.96. The third-order valence-electron chi connectivity index (χ3n) is 4.30. The molecule has 0 aromatic heterocycles. The summed E-state index contributed by atoms with van der Waals surface area (Å²) >= 11 is 0. The first-order chi connectivity index (χ1) is 8.72. The topological polar surface area (TPSA) is 51.4 Å². The van der Waals surface area contributed by atoms with E-state index in [4.69, 9.17) is 14.2 Å². The van der Waals surface area contributed by atoms with Crippen molar-refractivity contribution in [3.8, 4) is 0 Å². The van der Waals surface area contributed by atoms with Crippen LogP contribution in [0.5, 0.6) is 0 Å². The van der Waals surface area contributed by atoms with Crippen molar-refractivity contribution < 1.29 is 19.0 Å². The number of hydrogen-bond acceptors (Lipinski definition) is 4. The van der Waals surface area contributed by atoms with E-state index in [1.54, 1.807) is 0 Å². The van der Waals surface area contributed by atoms with Crippen LogP contribution in [-0.2, 0) is 19.0 Å². The normalized spacial score (nSPS) is 38.7. The van der Waals surface area contributed by atoms with Gasteiger partial charge in [0.25, 0.3) is 0 Å². The van der Waals surface area contributed by atoms with Gasteiger partial charge >= 0.3 is 5.97 Å². The number of hydrogen-bond donors (Lipinski definition) is 0. The highest BCUT2D eigenvalue weighted by atomic mass is 16.6. The predicted octanol–water partition coefficient (Wildman–Crippen LogP) is 1.91. The number of carbonyl (C=O) groups is 1. The molecule has 4 nitrogen and oxygen atoms in total. The van der Waals surface area contributed by atoms with Crippen LogP contribution in [0.25, 0.3) is 0 Å². The Hall–Kier alpha value is -0.610. The average Bonchev–Trinajstić information content (AvgIpc) is 3.26. The molecule has 3 fully saturated rings. The minimum atomic E-state index is -0.0468. The molecular formula is C14H22O4. The molecule has 0 amide bonds. The maximum absolute atomic E-state index is 11.8. The molecule has 0 N–H and O–H groups in total. The fourth-order valence-corrected chi connectivity index (χ4v) is 2.77. The van der Waals surface area contributed by atoms with Crippen LogP contribution in [0.15, 0.2) is 0 Å². The molecule has 5 unspecified atom stereocenters. The second-order valence-electron chi connectivity index (χ2n) is 5.96. The summed E-state index contributed by atoms with van der Waals surface area (Å²) in [7, 11) is 0. The van der Waals surface area contributed by atoms with Gasteiger partial charge < -0.3 is 14.2 Å². The number of fused-ring (bicyclic) bond motifs is 1. The van der Waals surface area contributed by atoms with Crippen LogP contribution in [0.3, 0.4) is 0 Å². The molecule has 2 heterocycles. The molecule has 0 aromatic rings. The van der Waals surface area contributed by atoms with Gasteiger partial charge in [0.05, 0.1) is 37.4 Å². The largest absolute Gasteiger partial charge is 0.465 e. The Morgan fingerprint density at radius 3 is 2.94 bits per heavy atom. The van der Waals surface area contributed by atoms with E-state index < -0.39 is 0 Å². The van der Waals surface area contributed by atoms with Crippen molar-refractivity contribution in [2.45, 2.75) is 57.3 Å². The summed E-state index contributed by atoms with van der Waals surface area (Å²) in [5.74, 6) is 0.467. The monoisotopic (exact) mass is 254 g/mol. The lowest BCUT2D eigenvalue weighted by Gasteiger charge is -2.19. The van der Waals surface area contributed by atoms with E-state index in [1.807, 2.05) is 6.92 Å². The summed E-state index contributed by atoms with van der Waals surface area (Å²) < 4.78 is 16.1. The van der Waals surface area contributed by atoms with E-state index in [-0.39, 0.29) is 11.9 Å². The van der Waals surface area contributed by atoms with Gasteiger partial charge in [-0.3, -0.25) is 4.79 Å². The van der Waals surface area contributed by atoms with Crippen molar-refractivity contribution in [2.75, 3.05) is 13.2 Å². The van der Waals surface area contributed by atoms with Gasteiger partial charge in [-0.05, 0) is 38.0 Å². The molecular weight excluding hydrogens is 232 g/mol. The fourth-order valence-electron chi connectivity index (χ4n) is 2.77. The van der Waals surface area contributed by atoms with Crippen LogP contribution in [0.2, 0.25) is 0 Å². The molecule has 3 rings (SSSR count). The quantitative estimate of drug-likeness (QED) is 0.536. The van der Waals surface area contributed by atoms with Gasteiger partial charge in [-0.1, -0.05) is 6.92 Å². The zero-order valence-corrected chi connectivity index (χ0v) is 11.0. The van der Waals surface area contributed by atoms with E-state index in [2.05, 4.69) is 0 Å².